The van der Waals surface area contributed by atoms with Crippen LogP contribution in [0.15, 0.2) is 18.2 Å². The first kappa shape index (κ1) is 13.9. The van der Waals surface area contributed by atoms with Gasteiger partial charge in [-0.2, -0.15) is 0 Å². The van der Waals surface area contributed by atoms with Gasteiger partial charge in [0.1, 0.15) is 0 Å². The Morgan fingerprint density at radius 2 is 1.95 bits per heavy atom. The number of carboxylic acid groups (broad SMARTS) is 1. The summed E-state index contributed by atoms with van der Waals surface area (Å²) >= 11 is 0. The van der Waals surface area contributed by atoms with Crippen LogP contribution in [0, 0.1) is 5.92 Å². The number of morpholine rings is 1. The van der Waals surface area contributed by atoms with E-state index in [-0.39, 0.29) is 17.4 Å². The van der Waals surface area contributed by atoms with E-state index in [1.54, 1.807) is 12.1 Å². The third-order valence-electron chi connectivity index (χ3n) is 3.82. The minimum atomic E-state index is -1.03. The van der Waals surface area contributed by atoms with Crippen molar-refractivity contribution in [2.45, 2.75) is 12.8 Å². The van der Waals surface area contributed by atoms with Crippen LogP contribution in [0.1, 0.15) is 23.2 Å². The molecule has 1 saturated carbocycles. The number of ether oxygens (including phenoxy) is 1. The fraction of sp³-hybridized carbons (Fsp3) is 0.467. The number of rotatable bonds is 4. The first-order valence-electron chi connectivity index (χ1n) is 7.16. The maximum atomic E-state index is 11.8. The Bertz CT molecular complexity index is 563. The van der Waals surface area contributed by atoms with Crippen LogP contribution in [-0.4, -0.2) is 43.3 Å². The fourth-order valence-electron chi connectivity index (χ4n) is 2.42. The van der Waals surface area contributed by atoms with E-state index in [1.807, 2.05) is 6.07 Å². The number of hydrogen-bond donors (Lipinski definition) is 2. The van der Waals surface area contributed by atoms with E-state index < -0.39 is 5.97 Å². The lowest BCUT2D eigenvalue weighted by molar-refractivity contribution is -0.117. The van der Waals surface area contributed by atoms with Crippen LogP contribution in [0.3, 0.4) is 0 Å². The van der Waals surface area contributed by atoms with Gasteiger partial charge >= 0.3 is 5.97 Å². The van der Waals surface area contributed by atoms with E-state index in [9.17, 15) is 14.7 Å². The van der Waals surface area contributed by atoms with Gasteiger partial charge in [0.15, 0.2) is 0 Å². The molecule has 1 amide bonds. The van der Waals surface area contributed by atoms with E-state index in [2.05, 4.69) is 10.2 Å². The molecule has 1 heterocycles. The summed E-state index contributed by atoms with van der Waals surface area (Å²) in [5.74, 6) is -1.07. The molecule has 1 aliphatic heterocycles. The van der Waals surface area contributed by atoms with Gasteiger partial charge in [-0.3, -0.25) is 4.79 Å². The number of hydrogen-bond acceptors (Lipinski definition) is 4. The maximum Gasteiger partial charge on any atom is 0.337 e. The topological polar surface area (TPSA) is 78.9 Å². The Morgan fingerprint density at radius 1 is 1.24 bits per heavy atom. The van der Waals surface area contributed by atoms with Gasteiger partial charge in [-0.15, -0.1) is 0 Å². The van der Waals surface area contributed by atoms with E-state index in [4.69, 9.17) is 4.74 Å². The molecule has 0 bridgehead atoms. The normalized spacial score (nSPS) is 18.4. The molecule has 0 radical (unpaired) electrons. The van der Waals surface area contributed by atoms with Crippen LogP contribution in [0.4, 0.5) is 11.4 Å². The Morgan fingerprint density at radius 3 is 2.57 bits per heavy atom. The molecule has 1 aromatic carbocycles. The largest absolute Gasteiger partial charge is 0.478 e. The van der Waals surface area contributed by atoms with Gasteiger partial charge < -0.3 is 20.1 Å². The number of anilines is 2. The summed E-state index contributed by atoms with van der Waals surface area (Å²) < 4.78 is 5.29. The van der Waals surface area contributed by atoms with Crippen molar-refractivity contribution < 1.29 is 19.4 Å². The zero-order chi connectivity index (χ0) is 14.8. The molecule has 0 unspecified atom stereocenters. The predicted octanol–water partition coefficient (Wildman–Crippen LogP) is 1.57. The molecule has 6 nitrogen and oxygen atoms in total. The summed E-state index contributed by atoms with van der Waals surface area (Å²) in [4.78, 5) is 25.3. The van der Waals surface area contributed by atoms with Crippen LogP contribution in [0.2, 0.25) is 0 Å². The molecule has 0 atom stereocenters. The van der Waals surface area contributed by atoms with Crippen LogP contribution >= 0.6 is 0 Å². The van der Waals surface area contributed by atoms with E-state index in [0.29, 0.717) is 18.9 Å². The Hall–Kier alpha value is -2.08. The highest BCUT2D eigenvalue weighted by atomic mass is 16.5. The van der Waals surface area contributed by atoms with Crippen LogP contribution in [-0.2, 0) is 9.53 Å². The van der Waals surface area contributed by atoms with Gasteiger partial charge in [-0.1, -0.05) is 0 Å². The molecule has 0 aromatic heterocycles. The molecule has 21 heavy (non-hydrogen) atoms. The van der Waals surface area contributed by atoms with Crippen LogP contribution in [0.25, 0.3) is 0 Å². The van der Waals surface area contributed by atoms with Gasteiger partial charge in [-0.25, -0.2) is 4.79 Å². The molecule has 1 aliphatic carbocycles. The van der Waals surface area contributed by atoms with Gasteiger partial charge in [0, 0.05) is 24.7 Å². The number of nitrogens with one attached hydrogen (secondary N) is 1. The van der Waals surface area contributed by atoms with Crippen molar-refractivity contribution in [2.24, 2.45) is 5.92 Å². The highest BCUT2D eigenvalue weighted by Crippen LogP contribution is 2.31. The predicted molar refractivity (Wildman–Crippen MR) is 77.8 cm³/mol. The number of amides is 1. The van der Waals surface area contributed by atoms with E-state index in [1.165, 1.54) is 0 Å². The third-order valence-corrected chi connectivity index (χ3v) is 3.82. The molecular formula is C15H18N2O4. The Kier molecular flexibility index (Phi) is 3.79. The summed E-state index contributed by atoms with van der Waals surface area (Å²) in [5.41, 5.74) is 1.35. The van der Waals surface area contributed by atoms with Gasteiger partial charge in [-0.05, 0) is 31.0 Å². The number of carbonyl (C=O) groups is 2. The number of carboxylic acids is 1. The average Bonchev–Trinajstić information content (AvgIpc) is 3.33. The summed E-state index contributed by atoms with van der Waals surface area (Å²) in [6, 6.07) is 5.14. The standard InChI is InChI=1S/C15H18N2O4/c18-14(10-1-2-10)16-13-4-3-11(9-12(13)15(19)20)17-5-7-21-8-6-17/h3-4,9-10H,1-2,5-8H2,(H,16,18)(H,19,20). The summed E-state index contributed by atoms with van der Waals surface area (Å²) in [6.07, 6.45) is 1.78. The molecular weight excluding hydrogens is 272 g/mol. The highest BCUT2D eigenvalue weighted by molar-refractivity contribution is 6.02. The number of nitrogens with zero attached hydrogens (tertiary/aromatic N) is 1. The summed E-state index contributed by atoms with van der Waals surface area (Å²) in [5, 5.41) is 12.1. The molecule has 112 valence electrons. The molecule has 0 spiro atoms. The molecule has 6 heteroatoms. The molecule has 1 aromatic rings. The molecule has 2 aliphatic rings. The SMILES string of the molecule is O=C(O)c1cc(N2CCOCC2)ccc1NC(=O)C1CC1. The van der Waals surface area contributed by atoms with Crippen molar-refractivity contribution in [3.8, 4) is 0 Å². The van der Waals surface area contributed by atoms with Crippen molar-refractivity contribution in [3.63, 3.8) is 0 Å². The lowest BCUT2D eigenvalue weighted by Gasteiger charge is -2.29. The number of carbonyl (C=O) groups excluding carboxylic acids is 1. The van der Waals surface area contributed by atoms with E-state index in [0.717, 1.165) is 31.6 Å². The molecule has 2 N–H and O–H groups in total. The first-order chi connectivity index (χ1) is 10.1. The second kappa shape index (κ2) is 5.73. The van der Waals surface area contributed by atoms with Crippen molar-refractivity contribution in [1.82, 2.24) is 0 Å². The van der Waals surface area contributed by atoms with Crippen LogP contribution in [0.5, 0.6) is 0 Å². The molecule has 3 rings (SSSR count). The Balaban J connectivity index is 1.82. The van der Waals surface area contributed by atoms with Gasteiger partial charge in [0.2, 0.25) is 5.91 Å². The minimum absolute atomic E-state index is 0.0468. The maximum absolute atomic E-state index is 11.8. The second-order valence-electron chi connectivity index (χ2n) is 5.40. The average molecular weight is 290 g/mol. The van der Waals surface area contributed by atoms with Crippen molar-refractivity contribution in [1.29, 1.82) is 0 Å². The quantitative estimate of drug-likeness (QED) is 0.880. The van der Waals surface area contributed by atoms with Gasteiger partial charge in [0.05, 0.1) is 24.5 Å². The third kappa shape index (κ3) is 3.16. The second-order valence-corrected chi connectivity index (χ2v) is 5.40. The summed E-state index contributed by atoms with van der Waals surface area (Å²) in [6.45, 7) is 2.77. The van der Waals surface area contributed by atoms with Crippen molar-refractivity contribution in [3.05, 3.63) is 23.8 Å². The fourth-order valence-corrected chi connectivity index (χ4v) is 2.42. The first-order valence-corrected chi connectivity index (χ1v) is 7.16. The van der Waals surface area contributed by atoms with Crippen molar-refractivity contribution in [2.75, 3.05) is 36.5 Å². The highest BCUT2D eigenvalue weighted by Gasteiger charge is 2.30. The summed E-state index contributed by atoms with van der Waals surface area (Å²) in [7, 11) is 0. The van der Waals surface area contributed by atoms with Crippen LogP contribution < -0.4 is 10.2 Å². The zero-order valence-corrected chi connectivity index (χ0v) is 11.7. The monoisotopic (exact) mass is 290 g/mol. The zero-order valence-electron chi connectivity index (χ0n) is 11.7. The molecule has 1 saturated heterocycles. The lowest BCUT2D eigenvalue weighted by atomic mass is 10.1. The Labute approximate surface area is 122 Å². The van der Waals surface area contributed by atoms with Crippen molar-refractivity contribution >= 4 is 23.3 Å². The van der Waals surface area contributed by atoms with Gasteiger partial charge in [0.25, 0.3) is 0 Å². The lowest BCUT2D eigenvalue weighted by Crippen LogP contribution is -2.36. The van der Waals surface area contributed by atoms with E-state index >= 15 is 0 Å². The minimum Gasteiger partial charge on any atom is -0.478 e. The smallest absolute Gasteiger partial charge is 0.337 e. The number of benzene rings is 1. The number of aromatic carboxylic acids is 1. The molecule has 2 fully saturated rings.